The third-order valence-electron chi connectivity index (χ3n) is 4.36. The van der Waals surface area contributed by atoms with E-state index in [0.29, 0.717) is 0 Å². The van der Waals surface area contributed by atoms with Crippen LogP contribution in [0.3, 0.4) is 0 Å². The van der Waals surface area contributed by atoms with Crippen LogP contribution in [0.1, 0.15) is 76.3 Å². The molecule has 0 aliphatic heterocycles. The zero-order valence-corrected chi connectivity index (χ0v) is 20.2. The van der Waals surface area contributed by atoms with Crippen LogP contribution >= 0.6 is 61.2 Å². The largest absolute Gasteiger partial charge is 0.128 e. The van der Waals surface area contributed by atoms with Crippen molar-refractivity contribution in [2.75, 3.05) is 0 Å². The molecule has 134 valence electrons. The highest BCUT2D eigenvalue weighted by Gasteiger charge is 2.16. The SMILES string of the molecule is CCCCCCc1cc(Br)sc1-c1sc(I)cc1CCCCCC. The summed E-state index contributed by atoms with van der Waals surface area (Å²) in [5.41, 5.74) is 3.13. The number of hydrogen-bond acceptors (Lipinski definition) is 2. The fourth-order valence-electron chi connectivity index (χ4n) is 3.03. The van der Waals surface area contributed by atoms with Crippen molar-refractivity contribution < 1.29 is 0 Å². The Morgan fingerprint density at radius 1 is 0.792 bits per heavy atom. The molecule has 0 aliphatic rings. The van der Waals surface area contributed by atoms with Gasteiger partial charge in [0.25, 0.3) is 0 Å². The lowest BCUT2D eigenvalue weighted by Gasteiger charge is -2.06. The van der Waals surface area contributed by atoms with Crippen LogP contribution in [0.2, 0.25) is 0 Å². The van der Waals surface area contributed by atoms with E-state index >= 15 is 0 Å². The van der Waals surface area contributed by atoms with Crippen molar-refractivity contribution in [1.82, 2.24) is 0 Å². The highest BCUT2D eigenvalue weighted by Crippen LogP contribution is 2.43. The molecule has 0 atom stereocenters. The van der Waals surface area contributed by atoms with E-state index < -0.39 is 0 Å². The first-order valence-corrected chi connectivity index (χ1v) is 12.7. The van der Waals surface area contributed by atoms with Crippen molar-refractivity contribution in [2.24, 2.45) is 0 Å². The minimum absolute atomic E-state index is 1.22. The quantitative estimate of drug-likeness (QED) is 0.197. The lowest BCUT2D eigenvalue weighted by atomic mass is 10.0. The van der Waals surface area contributed by atoms with Gasteiger partial charge in [-0.25, -0.2) is 0 Å². The minimum Gasteiger partial charge on any atom is -0.128 e. The van der Waals surface area contributed by atoms with E-state index in [1.54, 1.807) is 11.1 Å². The molecule has 0 aliphatic carbocycles. The molecular weight excluding hydrogens is 511 g/mol. The van der Waals surface area contributed by atoms with Gasteiger partial charge in [-0.15, -0.1) is 22.7 Å². The fourth-order valence-corrected chi connectivity index (χ4v) is 6.90. The first kappa shape index (κ1) is 20.9. The van der Waals surface area contributed by atoms with Crippen LogP contribution in [-0.4, -0.2) is 0 Å². The van der Waals surface area contributed by atoms with Crippen molar-refractivity contribution >= 4 is 61.2 Å². The van der Waals surface area contributed by atoms with E-state index in [0.717, 1.165) is 0 Å². The van der Waals surface area contributed by atoms with E-state index in [9.17, 15) is 0 Å². The monoisotopic (exact) mass is 538 g/mol. The van der Waals surface area contributed by atoms with E-state index in [1.807, 2.05) is 22.7 Å². The summed E-state index contributed by atoms with van der Waals surface area (Å²) in [6, 6.07) is 4.78. The molecule has 24 heavy (non-hydrogen) atoms. The predicted octanol–water partition coefficient (Wildman–Crippen LogP) is 9.09. The summed E-state index contributed by atoms with van der Waals surface area (Å²) in [5, 5.41) is 0. The summed E-state index contributed by atoms with van der Waals surface area (Å²) < 4.78 is 2.71. The zero-order chi connectivity index (χ0) is 17.4. The molecule has 0 nitrogen and oxygen atoms in total. The Morgan fingerprint density at radius 3 is 1.92 bits per heavy atom. The Labute approximate surface area is 177 Å². The highest BCUT2D eigenvalue weighted by molar-refractivity contribution is 14.1. The van der Waals surface area contributed by atoms with Crippen LogP contribution in [0.4, 0.5) is 0 Å². The van der Waals surface area contributed by atoms with Crippen LogP contribution in [0, 0.1) is 2.88 Å². The Balaban J connectivity index is 2.12. The minimum atomic E-state index is 1.22. The Kier molecular flexibility index (Phi) is 9.89. The summed E-state index contributed by atoms with van der Waals surface area (Å²) >= 11 is 10.1. The molecule has 2 aromatic heterocycles. The molecule has 0 N–H and O–H groups in total. The predicted molar refractivity (Wildman–Crippen MR) is 124 cm³/mol. The second-order valence-corrected chi connectivity index (χ2v) is 11.8. The lowest BCUT2D eigenvalue weighted by molar-refractivity contribution is 0.666. The molecule has 0 spiro atoms. The summed E-state index contributed by atoms with van der Waals surface area (Å²) in [5.74, 6) is 0. The van der Waals surface area contributed by atoms with E-state index in [1.165, 1.54) is 80.6 Å². The maximum atomic E-state index is 3.73. The molecule has 0 radical (unpaired) electrons. The van der Waals surface area contributed by atoms with Gasteiger partial charge in [-0.3, -0.25) is 0 Å². The van der Waals surface area contributed by atoms with Crippen molar-refractivity contribution in [3.63, 3.8) is 0 Å². The summed E-state index contributed by atoms with van der Waals surface area (Å²) in [4.78, 5) is 3.06. The number of hydrogen-bond donors (Lipinski definition) is 0. The van der Waals surface area contributed by atoms with Gasteiger partial charge in [-0.05, 0) is 87.5 Å². The number of aryl methyl sites for hydroxylation is 2. The smallest absolute Gasteiger partial charge is 0.0708 e. The summed E-state index contributed by atoms with van der Waals surface area (Å²) in [7, 11) is 0. The number of halogens is 2. The molecule has 2 heterocycles. The van der Waals surface area contributed by atoms with Crippen molar-refractivity contribution in [3.05, 3.63) is 29.9 Å². The number of rotatable bonds is 11. The van der Waals surface area contributed by atoms with Gasteiger partial charge in [-0.2, -0.15) is 0 Å². The number of thiophene rings is 2. The van der Waals surface area contributed by atoms with Gasteiger partial charge in [0.05, 0.1) is 6.67 Å². The van der Waals surface area contributed by atoms with E-state index in [2.05, 4.69) is 64.5 Å². The van der Waals surface area contributed by atoms with Crippen molar-refractivity contribution in [1.29, 1.82) is 0 Å². The van der Waals surface area contributed by atoms with Crippen LogP contribution in [0.15, 0.2) is 15.9 Å². The third-order valence-corrected chi connectivity index (χ3v) is 8.15. The second kappa shape index (κ2) is 11.3. The van der Waals surface area contributed by atoms with E-state index in [-0.39, 0.29) is 0 Å². The zero-order valence-electron chi connectivity index (χ0n) is 14.8. The van der Waals surface area contributed by atoms with Crippen molar-refractivity contribution in [3.8, 4) is 9.75 Å². The molecule has 2 rings (SSSR count). The standard InChI is InChI=1S/C20H28BrIS2/c1-3-5-7-9-11-15-13-17(21)23-19(15)20-16(14-18(22)24-20)12-10-8-6-4-2/h13-14H,3-12H2,1-2H3. The molecule has 4 heteroatoms. The molecule has 2 aromatic rings. The normalized spacial score (nSPS) is 11.3. The molecule has 0 saturated heterocycles. The summed E-state index contributed by atoms with van der Waals surface area (Å²) in [6.07, 6.45) is 13.2. The maximum Gasteiger partial charge on any atom is 0.0708 e. The summed E-state index contributed by atoms with van der Waals surface area (Å²) in [6.45, 7) is 4.57. The van der Waals surface area contributed by atoms with Crippen LogP contribution in [-0.2, 0) is 12.8 Å². The molecule has 0 aromatic carbocycles. The Bertz CT molecular complexity index is 561. The first-order valence-electron chi connectivity index (χ1n) is 9.22. The molecule has 0 fully saturated rings. The molecular formula is C20H28BrIS2. The average molecular weight is 539 g/mol. The maximum absolute atomic E-state index is 3.73. The van der Waals surface area contributed by atoms with Gasteiger partial charge in [0.1, 0.15) is 0 Å². The molecule has 0 unspecified atom stereocenters. The van der Waals surface area contributed by atoms with Gasteiger partial charge in [0, 0.05) is 9.75 Å². The number of unbranched alkanes of at least 4 members (excludes halogenated alkanes) is 6. The molecule has 0 bridgehead atoms. The molecule has 0 amide bonds. The fraction of sp³-hybridized carbons (Fsp3) is 0.600. The van der Waals surface area contributed by atoms with Crippen LogP contribution in [0.25, 0.3) is 9.75 Å². The van der Waals surface area contributed by atoms with Gasteiger partial charge < -0.3 is 0 Å². The Hall–Kier alpha value is 0.610. The van der Waals surface area contributed by atoms with Crippen molar-refractivity contribution in [2.45, 2.75) is 78.1 Å². The second-order valence-electron chi connectivity index (χ2n) is 6.43. The van der Waals surface area contributed by atoms with Gasteiger partial charge in [0.2, 0.25) is 0 Å². The van der Waals surface area contributed by atoms with Gasteiger partial charge in [-0.1, -0.05) is 52.4 Å². The van der Waals surface area contributed by atoms with Crippen LogP contribution in [0.5, 0.6) is 0 Å². The van der Waals surface area contributed by atoms with Gasteiger partial charge in [0.15, 0.2) is 0 Å². The third kappa shape index (κ3) is 6.40. The first-order chi connectivity index (χ1) is 11.7. The average Bonchev–Trinajstić information content (AvgIpc) is 3.10. The van der Waals surface area contributed by atoms with Gasteiger partial charge >= 0.3 is 0 Å². The topological polar surface area (TPSA) is 0 Å². The Morgan fingerprint density at radius 2 is 1.33 bits per heavy atom. The van der Waals surface area contributed by atoms with Crippen LogP contribution < -0.4 is 0 Å². The lowest BCUT2D eigenvalue weighted by Crippen LogP contribution is -1.89. The van der Waals surface area contributed by atoms with E-state index in [4.69, 9.17) is 0 Å². The molecule has 0 saturated carbocycles. The highest BCUT2D eigenvalue weighted by atomic mass is 127.